The summed E-state index contributed by atoms with van der Waals surface area (Å²) in [4.78, 5) is 0. The lowest BCUT2D eigenvalue weighted by molar-refractivity contribution is 0.328. The van der Waals surface area contributed by atoms with Crippen LogP contribution in [0.5, 0.6) is 0 Å². The van der Waals surface area contributed by atoms with Gasteiger partial charge in [0.25, 0.3) is 0 Å². The SMILES string of the molecule is [B]CCCc1c(CN)c(CCC[B])c(CNF)c(CCC[B])c1CN. The molecule has 0 amide bonds. The fourth-order valence-corrected chi connectivity index (χ4v) is 3.61. The molecule has 0 fully saturated rings. The van der Waals surface area contributed by atoms with E-state index in [1.807, 2.05) is 5.54 Å². The van der Waals surface area contributed by atoms with Gasteiger partial charge in [-0.1, -0.05) is 38.2 Å². The number of nitrogens with two attached hydrogens (primary N) is 2. The van der Waals surface area contributed by atoms with Crippen LogP contribution in [0.2, 0.25) is 19.0 Å². The second-order valence-electron chi connectivity index (χ2n) is 6.27. The zero-order chi connectivity index (χ0) is 18.7. The highest BCUT2D eigenvalue weighted by atomic mass is 19.2. The highest BCUT2D eigenvalue weighted by Gasteiger charge is 2.21. The van der Waals surface area contributed by atoms with Crippen LogP contribution in [0.3, 0.4) is 0 Å². The zero-order valence-corrected chi connectivity index (χ0v) is 15.2. The molecule has 0 saturated carbocycles. The molecule has 6 radical (unpaired) electrons. The van der Waals surface area contributed by atoms with E-state index < -0.39 is 0 Å². The average Bonchev–Trinajstić information content (AvgIpc) is 2.63. The number of hydrogen-bond donors (Lipinski definition) is 3. The molecule has 3 nitrogen and oxygen atoms in total. The highest BCUT2D eigenvalue weighted by molar-refractivity contribution is 6.08. The van der Waals surface area contributed by atoms with Crippen molar-refractivity contribution in [3.63, 3.8) is 0 Å². The minimum atomic E-state index is 0.150. The summed E-state index contributed by atoms with van der Waals surface area (Å²) in [6.07, 6.45) is 6.73. The molecule has 0 bridgehead atoms. The van der Waals surface area contributed by atoms with E-state index >= 15 is 0 Å². The quantitative estimate of drug-likeness (QED) is 0.381. The third-order valence-corrected chi connectivity index (χ3v) is 4.73. The van der Waals surface area contributed by atoms with E-state index in [1.165, 1.54) is 5.56 Å². The van der Waals surface area contributed by atoms with Gasteiger partial charge < -0.3 is 11.5 Å². The molecule has 1 aromatic carbocycles. The number of hydrogen-bond acceptors (Lipinski definition) is 3. The van der Waals surface area contributed by atoms with Gasteiger partial charge in [0.2, 0.25) is 0 Å². The van der Waals surface area contributed by atoms with E-state index in [0.717, 1.165) is 66.3 Å². The Labute approximate surface area is 156 Å². The fraction of sp³-hybridized carbons (Fsp3) is 0.667. The monoisotopic (exact) mass is 339 g/mol. The van der Waals surface area contributed by atoms with Crippen molar-refractivity contribution in [2.24, 2.45) is 11.5 Å². The maximum Gasteiger partial charge on any atom is 0.0653 e. The molecule has 5 N–H and O–H groups in total. The van der Waals surface area contributed by atoms with Gasteiger partial charge in [-0.3, -0.25) is 0 Å². The molecule has 132 valence electrons. The Kier molecular flexibility index (Phi) is 11.2. The predicted molar refractivity (Wildman–Crippen MR) is 107 cm³/mol. The molecule has 7 heteroatoms. The van der Waals surface area contributed by atoms with Crippen molar-refractivity contribution in [3.8, 4) is 0 Å². The van der Waals surface area contributed by atoms with Crippen LogP contribution in [0.4, 0.5) is 4.48 Å². The lowest BCUT2D eigenvalue weighted by Gasteiger charge is -2.26. The molecule has 0 aliphatic rings. The highest BCUT2D eigenvalue weighted by Crippen LogP contribution is 2.32. The van der Waals surface area contributed by atoms with E-state index in [1.54, 1.807) is 0 Å². The Bertz CT molecular complexity index is 490. The Morgan fingerprint density at radius 2 is 1.00 bits per heavy atom. The molecule has 0 atom stereocenters. The summed E-state index contributed by atoms with van der Waals surface area (Å²) in [7, 11) is 17.1. The van der Waals surface area contributed by atoms with E-state index in [-0.39, 0.29) is 6.54 Å². The Balaban J connectivity index is 3.62. The van der Waals surface area contributed by atoms with Crippen LogP contribution in [0.25, 0.3) is 0 Å². The van der Waals surface area contributed by atoms with Crippen LogP contribution in [0, 0.1) is 0 Å². The molecular weight excluding hydrogens is 310 g/mol. The average molecular weight is 339 g/mol. The van der Waals surface area contributed by atoms with Crippen LogP contribution in [0.1, 0.15) is 52.6 Å². The fourth-order valence-electron chi connectivity index (χ4n) is 3.61. The summed E-state index contributed by atoms with van der Waals surface area (Å²) in [6, 6.07) is 0. The second-order valence-corrected chi connectivity index (χ2v) is 6.27. The Morgan fingerprint density at radius 1 is 0.640 bits per heavy atom. The normalized spacial score (nSPS) is 11.2. The Morgan fingerprint density at radius 3 is 1.28 bits per heavy atom. The first-order valence-electron chi connectivity index (χ1n) is 9.21. The van der Waals surface area contributed by atoms with Gasteiger partial charge in [-0.05, 0) is 52.6 Å². The van der Waals surface area contributed by atoms with Gasteiger partial charge in [0.05, 0.1) is 30.1 Å². The second kappa shape index (κ2) is 12.6. The molecule has 0 spiro atoms. The standard InChI is InChI=1S/C18H29B3FN3/c19-7-1-4-13-16(10-23)14(5-2-8-20)18(12-25-22)15(6-3-9-21)17(13)11-24/h25H,1-12,23-24H2. The minimum absolute atomic E-state index is 0.150. The van der Waals surface area contributed by atoms with E-state index in [0.29, 0.717) is 32.1 Å². The molecule has 0 unspecified atom stereocenters. The van der Waals surface area contributed by atoms with Crippen molar-refractivity contribution in [2.75, 3.05) is 0 Å². The zero-order valence-electron chi connectivity index (χ0n) is 15.2. The molecule has 1 rings (SSSR count). The van der Waals surface area contributed by atoms with Crippen molar-refractivity contribution in [2.45, 2.75) is 77.1 Å². The first-order chi connectivity index (χ1) is 12.2. The molecule has 1 aromatic rings. The lowest BCUT2D eigenvalue weighted by Crippen LogP contribution is -2.20. The van der Waals surface area contributed by atoms with Crippen LogP contribution in [0.15, 0.2) is 0 Å². The van der Waals surface area contributed by atoms with Crippen LogP contribution < -0.4 is 17.0 Å². The summed E-state index contributed by atoms with van der Waals surface area (Å²) >= 11 is 0. The summed E-state index contributed by atoms with van der Waals surface area (Å²) in [5.41, 5.74) is 20.6. The van der Waals surface area contributed by atoms with Gasteiger partial charge in [0, 0.05) is 13.1 Å². The van der Waals surface area contributed by atoms with Gasteiger partial charge in [-0.2, -0.15) is 5.54 Å². The topological polar surface area (TPSA) is 64.1 Å². The van der Waals surface area contributed by atoms with Crippen LogP contribution in [-0.4, -0.2) is 23.5 Å². The molecule has 0 heterocycles. The summed E-state index contributed by atoms with van der Waals surface area (Å²) < 4.78 is 13.1. The largest absolute Gasteiger partial charge is 0.326 e. The molecule has 0 saturated heterocycles. The maximum absolute atomic E-state index is 13.1. The molecule has 0 aromatic heterocycles. The van der Waals surface area contributed by atoms with Crippen LogP contribution in [-0.2, 0) is 38.9 Å². The number of nitrogens with one attached hydrogen (secondary N) is 1. The minimum Gasteiger partial charge on any atom is -0.326 e. The summed E-state index contributed by atoms with van der Waals surface area (Å²) in [6.45, 7) is 0.962. The van der Waals surface area contributed by atoms with E-state index in [9.17, 15) is 4.48 Å². The van der Waals surface area contributed by atoms with Gasteiger partial charge in [0.1, 0.15) is 0 Å². The molecular formula is C18H29B3FN3. The smallest absolute Gasteiger partial charge is 0.0653 e. The molecule has 0 aliphatic carbocycles. The summed E-state index contributed by atoms with van der Waals surface area (Å²) in [5.74, 6) is 0. The van der Waals surface area contributed by atoms with E-state index in [4.69, 9.17) is 35.0 Å². The third kappa shape index (κ3) is 5.87. The first-order valence-corrected chi connectivity index (χ1v) is 9.21. The van der Waals surface area contributed by atoms with Crippen LogP contribution >= 0.6 is 0 Å². The lowest BCUT2D eigenvalue weighted by atomic mass is 9.79. The maximum atomic E-state index is 13.1. The van der Waals surface area contributed by atoms with Crippen molar-refractivity contribution < 1.29 is 4.48 Å². The van der Waals surface area contributed by atoms with Crippen molar-refractivity contribution in [3.05, 3.63) is 33.4 Å². The first kappa shape index (κ1) is 22.3. The van der Waals surface area contributed by atoms with Crippen molar-refractivity contribution in [1.82, 2.24) is 5.54 Å². The van der Waals surface area contributed by atoms with Crippen molar-refractivity contribution >= 4 is 23.5 Å². The van der Waals surface area contributed by atoms with Crippen molar-refractivity contribution in [1.29, 1.82) is 0 Å². The van der Waals surface area contributed by atoms with Gasteiger partial charge in [0.15, 0.2) is 0 Å². The van der Waals surface area contributed by atoms with Gasteiger partial charge in [-0.25, -0.2) is 0 Å². The summed E-state index contributed by atoms with van der Waals surface area (Å²) in [5, 5.41) is 0. The Hall–Kier alpha value is -0.775. The molecule has 0 aliphatic heterocycles. The predicted octanol–water partition coefficient (Wildman–Crippen LogP) is 2.14. The third-order valence-electron chi connectivity index (χ3n) is 4.73. The number of rotatable bonds is 13. The number of halogens is 1. The van der Waals surface area contributed by atoms with E-state index in [2.05, 4.69) is 0 Å². The molecule has 25 heavy (non-hydrogen) atoms. The number of benzene rings is 1. The van der Waals surface area contributed by atoms with Gasteiger partial charge >= 0.3 is 0 Å². The van der Waals surface area contributed by atoms with Gasteiger partial charge in [-0.15, -0.1) is 4.48 Å².